The minimum Gasteiger partial charge on any atom is -0.352 e. The van der Waals surface area contributed by atoms with Crippen molar-refractivity contribution in [3.63, 3.8) is 0 Å². The summed E-state index contributed by atoms with van der Waals surface area (Å²) < 4.78 is 0. The Hall–Kier alpha value is -2.09. The van der Waals surface area contributed by atoms with E-state index in [0.29, 0.717) is 5.69 Å². The van der Waals surface area contributed by atoms with E-state index in [2.05, 4.69) is 5.32 Å². The van der Waals surface area contributed by atoms with Crippen molar-refractivity contribution in [2.75, 3.05) is 5.32 Å². The number of para-hydroxylation sites is 1. The van der Waals surface area contributed by atoms with Crippen LogP contribution >= 0.6 is 0 Å². The molecule has 0 heterocycles. The quantitative estimate of drug-likeness (QED) is 0.879. The molecule has 0 saturated heterocycles. The van der Waals surface area contributed by atoms with Crippen LogP contribution in [0.3, 0.4) is 0 Å². The second-order valence-electron chi connectivity index (χ2n) is 4.56. The molecule has 0 fully saturated rings. The van der Waals surface area contributed by atoms with Gasteiger partial charge in [-0.05, 0) is 24.1 Å². The molecule has 0 atom stereocenters. The fourth-order valence-electron chi connectivity index (χ4n) is 1.85. The molecule has 0 saturated carbocycles. The molecule has 92 valence electrons. The molecule has 0 unspecified atom stereocenters. The van der Waals surface area contributed by atoms with Gasteiger partial charge in [0, 0.05) is 11.3 Å². The molecule has 2 nitrogen and oxygen atoms in total. The molecule has 0 aromatic heterocycles. The summed E-state index contributed by atoms with van der Waals surface area (Å²) in [6.07, 6.45) is 0. The topological polar surface area (TPSA) is 29.1 Å². The Labute approximate surface area is 107 Å². The fourth-order valence-corrected chi connectivity index (χ4v) is 1.85. The summed E-state index contributed by atoms with van der Waals surface area (Å²) in [5.41, 5.74) is 2.45. The van der Waals surface area contributed by atoms with Gasteiger partial charge in [0.15, 0.2) is 0 Å². The van der Waals surface area contributed by atoms with Crippen molar-refractivity contribution < 1.29 is 0 Å². The van der Waals surface area contributed by atoms with Crippen molar-refractivity contribution in [1.82, 2.24) is 0 Å². The zero-order valence-corrected chi connectivity index (χ0v) is 10.7. The molecule has 2 aromatic carbocycles. The zero-order valence-electron chi connectivity index (χ0n) is 10.7. The highest BCUT2D eigenvalue weighted by atomic mass is 16.1. The van der Waals surface area contributed by atoms with E-state index in [9.17, 15) is 4.79 Å². The summed E-state index contributed by atoms with van der Waals surface area (Å²) in [5.74, 6) is 0.223. The number of hydrogen-bond donors (Lipinski definition) is 1. The van der Waals surface area contributed by atoms with E-state index in [0.717, 1.165) is 11.3 Å². The molecule has 2 heteroatoms. The van der Waals surface area contributed by atoms with Gasteiger partial charge in [-0.1, -0.05) is 50.2 Å². The predicted octanol–water partition coefficient (Wildman–Crippen LogP) is 3.91. The van der Waals surface area contributed by atoms with Gasteiger partial charge in [0.25, 0.3) is 0 Å². The summed E-state index contributed by atoms with van der Waals surface area (Å²) in [4.78, 5) is 12.4. The summed E-state index contributed by atoms with van der Waals surface area (Å²) in [6.45, 7) is 4.06. The summed E-state index contributed by atoms with van der Waals surface area (Å²) in [5, 5.41) is 3.17. The summed E-state index contributed by atoms with van der Waals surface area (Å²) >= 11 is 0. The molecule has 1 N–H and O–H groups in total. The number of nitrogens with one attached hydrogen (secondary N) is 1. The van der Waals surface area contributed by atoms with Crippen molar-refractivity contribution >= 4 is 11.4 Å². The Bertz CT molecular complexity index is 576. The lowest BCUT2D eigenvalue weighted by Crippen LogP contribution is -2.11. The lowest BCUT2D eigenvalue weighted by Gasteiger charge is -2.06. The molecule has 0 spiro atoms. The van der Waals surface area contributed by atoms with E-state index in [-0.39, 0.29) is 11.3 Å². The van der Waals surface area contributed by atoms with Crippen LogP contribution in [0.2, 0.25) is 0 Å². The first-order chi connectivity index (χ1) is 8.68. The Morgan fingerprint density at radius 3 is 2.17 bits per heavy atom. The highest BCUT2D eigenvalue weighted by Gasteiger charge is 2.06. The molecular formula is C16H17NO. The van der Waals surface area contributed by atoms with Crippen molar-refractivity contribution in [2.24, 2.45) is 0 Å². The molecule has 0 radical (unpaired) electrons. The van der Waals surface area contributed by atoms with E-state index >= 15 is 0 Å². The van der Waals surface area contributed by atoms with Gasteiger partial charge < -0.3 is 5.32 Å². The molecule has 0 aliphatic heterocycles. The predicted molar refractivity (Wildman–Crippen MR) is 76.5 cm³/mol. The first-order valence-electron chi connectivity index (χ1n) is 6.14. The minimum absolute atomic E-state index is 0.0684. The Morgan fingerprint density at radius 2 is 1.50 bits per heavy atom. The number of hydrogen-bond acceptors (Lipinski definition) is 2. The molecule has 0 aliphatic carbocycles. The number of rotatable bonds is 3. The zero-order chi connectivity index (χ0) is 13.0. The van der Waals surface area contributed by atoms with Crippen LogP contribution in [0.15, 0.2) is 59.4 Å². The first kappa shape index (κ1) is 12.4. The van der Waals surface area contributed by atoms with Crippen LogP contribution in [-0.2, 0) is 0 Å². The monoisotopic (exact) mass is 239 g/mol. The third-order valence-electron chi connectivity index (χ3n) is 2.83. The average molecular weight is 239 g/mol. The lowest BCUT2D eigenvalue weighted by atomic mass is 10.0. The Morgan fingerprint density at radius 1 is 0.889 bits per heavy atom. The maximum absolute atomic E-state index is 12.4. The van der Waals surface area contributed by atoms with Crippen LogP contribution in [0.5, 0.6) is 0 Å². The van der Waals surface area contributed by atoms with Crippen LogP contribution in [0, 0.1) is 0 Å². The highest BCUT2D eigenvalue weighted by Crippen LogP contribution is 2.15. The van der Waals surface area contributed by atoms with Crippen molar-refractivity contribution in [1.29, 1.82) is 0 Å². The summed E-state index contributed by atoms with van der Waals surface area (Å²) in [6, 6.07) is 17.2. The van der Waals surface area contributed by atoms with E-state index in [1.165, 1.54) is 0 Å². The van der Waals surface area contributed by atoms with Crippen LogP contribution in [-0.4, -0.2) is 0 Å². The molecule has 2 rings (SSSR count). The van der Waals surface area contributed by atoms with Gasteiger partial charge in [0.05, 0.1) is 5.69 Å². The highest BCUT2D eigenvalue weighted by molar-refractivity contribution is 5.59. The van der Waals surface area contributed by atoms with Gasteiger partial charge in [-0.15, -0.1) is 0 Å². The first-order valence-corrected chi connectivity index (χ1v) is 6.14. The molecule has 0 amide bonds. The van der Waals surface area contributed by atoms with Crippen LogP contribution in [0.25, 0.3) is 0 Å². The van der Waals surface area contributed by atoms with Crippen molar-refractivity contribution in [3.05, 3.63) is 70.4 Å². The third-order valence-corrected chi connectivity index (χ3v) is 2.83. The van der Waals surface area contributed by atoms with Gasteiger partial charge in [-0.25, -0.2) is 0 Å². The Balaban J connectivity index is 2.44. The van der Waals surface area contributed by atoms with E-state index in [4.69, 9.17) is 0 Å². The molecule has 2 aromatic rings. The van der Waals surface area contributed by atoms with E-state index in [1.54, 1.807) is 0 Å². The van der Waals surface area contributed by atoms with Crippen LogP contribution < -0.4 is 10.7 Å². The maximum Gasteiger partial charge on any atom is 0.205 e. The molecule has 18 heavy (non-hydrogen) atoms. The largest absolute Gasteiger partial charge is 0.352 e. The SMILES string of the molecule is CC(C)c1ccccc(Nc2ccccc2)c1=O. The third kappa shape index (κ3) is 2.77. The second-order valence-corrected chi connectivity index (χ2v) is 4.56. The molecule has 0 bridgehead atoms. The van der Waals surface area contributed by atoms with Gasteiger partial charge in [0.2, 0.25) is 5.43 Å². The normalized spacial score (nSPS) is 10.4. The Kier molecular flexibility index (Phi) is 3.78. The number of anilines is 2. The number of benzene rings is 1. The van der Waals surface area contributed by atoms with Crippen molar-refractivity contribution in [3.8, 4) is 0 Å². The lowest BCUT2D eigenvalue weighted by molar-refractivity contribution is 0.860. The van der Waals surface area contributed by atoms with Crippen molar-refractivity contribution in [2.45, 2.75) is 19.8 Å². The average Bonchev–Trinajstić information content (AvgIpc) is 2.54. The van der Waals surface area contributed by atoms with Crippen LogP contribution in [0.4, 0.5) is 11.4 Å². The van der Waals surface area contributed by atoms with Crippen LogP contribution in [0.1, 0.15) is 25.3 Å². The standard InChI is InChI=1S/C16H17NO/c1-12(2)14-10-6-7-11-15(16(14)18)17-13-8-4-3-5-9-13/h3-12H,1-2H3,(H,17,18). The van der Waals surface area contributed by atoms with E-state index in [1.807, 2.05) is 68.4 Å². The van der Waals surface area contributed by atoms with Gasteiger partial charge in [-0.3, -0.25) is 4.79 Å². The molecule has 0 aliphatic rings. The minimum atomic E-state index is 0.0684. The smallest absolute Gasteiger partial charge is 0.205 e. The van der Waals surface area contributed by atoms with E-state index < -0.39 is 0 Å². The van der Waals surface area contributed by atoms with Gasteiger partial charge in [0.1, 0.15) is 0 Å². The van der Waals surface area contributed by atoms with Gasteiger partial charge >= 0.3 is 0 Å². The summed E-state index contributed by atoms with van der Waals surface area (Å²) in [7, 11) is 0. The van der Waals surface area contributed by atoms with Gasteiger partial charge in [-0.2, -0.15) is 0 Å². The molecular weight excluding hydrogens is 222 g/mol. The fraction of sp³-hybridized carbons (Fsp3) is 0.188. The maximum atomic E-state index is 12.4. The second kappa shape index (κ2) is 5.50.